The third-order valence-corrected chi connectivity index (χ3v) is 7.19. The second-order valence-corrected chi connectivity index (χ2v) is 11.8. The molecule has 4 N–H and O–H groups in total. The van der Waals surface area contributed by atoms with E-state index in [4.69, 9.17) is 0 Å². The SMILES string of the molecule is CN[C@@H](C(=O)N[C@@H](C(=O)N(C)[C@H](C=C(C)C(=O)O)C(C)C)C(C)(C)C)C(C)(C)c1c[nH]c2ccccc12. The van der Waals surface area contributed by atoms with Crippen LogP contribution in [0.25, 0.3) is 10.9 Å². The fourth-order valence-electron chi connectivity index (χ4n) is 4.88. The van der Waals surface area contributed by atoms with Gasteiger partial charge in [-0.15, -0.1) is 0 Å². The summed E-state index contributed by atoms with van der Waals surface area (Å²) in [7, 11) is 3.41. The number of hydrogen-bond donors (Lipinski definition) is 4. The van der Waals surface area contributed by atoms with Crippen LogP contribution in [0, 0.1) is 11.3 Å². The Morgan fingerprint density at radius 2 is 1.65 bits per heavy atom. The third kappa shape index (κ3) is 6.60. The van der Waals surface area contributed by atoms with Crippen molar-refractivity contribution in [1.29, 1.82) is 0 Å². The first kappa shape index (κ1) is 30.1. The molecule has 0 fully saturated rings. The third-order valence-electron chi connectivity index (χ3n) is 7.19. The maximum atomic E-state index is 13.8. The number of benzene rings is 1. The molecule has 0 spiro atoms. The van der Waals surface area contributed by atoms with Gasteiger partial charge in [-0.3, -0.25) is 9.59 Å². The van der Waals surface area contributed by atoms with Crippen molar-refractivity contribution in [3.05, 3.63) is 47.7 Å². The summed E-state index contributed by atoms with van der Waals surface area (Å²) in [5.41, 5.74) is 0.983. The van der Waals surface area contributed by atoms with Crippen LogP contribution in [0.4, 0.5) is 0 Å². The number of nitrogens with one attached hydrogen (secondary N) is 3. The summed E-state index contributed by atoms with van der Waals surface area (Å²) < 4.78 is 0. The smallest absolute Gasteiger partial charge is 0.331 e. The first-order chi connectivity index (χ1) is 17.0. The van der Waals surface area contributed by atoms with Gasteiger partial charge in [0.25, 0.3) is 0 Å². The first-order valence-electron chi connectivity index (χ1n) is 12.8. The van der Waals surface area contributed by atoms with Crippen LogP contribution in [-0.4, -0.2) is 65.0 Å². The second kappa shape index (κ2) is 11.5. The van der Waals surface area contributed by atoms with Crippen molar-refractivity contribution in [3.8, 4) is 0 Å². The molecule has 8 nitrogen and oxygen atoms in total. The molecule has 1 aromatic heterocycles. The molecule has 0 saturated carbocycles. The molecule has 0 bridgehead atoms. The number of amides is 2. The first-order valence-corrected chi connectivity index (χ1v) is 12.8. The summed E-state index contributed by atoms with van der Waals surface area (Å²) >= 11 is 0. The number of carboxylic acid groups (broad SMARTS) is 1. The molecule has 204 valence electrons. The average molecular weight is 513 g/mol. The highest BCUT2D eigenvalue weighted by atomic mass is 16.4. The van der Waals surface area contributed by atoms with Crippen LogP contribution < -0.4 is 10.6 Å². The fraction of sp³-hybridized carbons (Fsp3) is 0.552. The number of carbonyl (C=O) groups excluding carboxylic acids is 2. The molecule has 3 atom stereocenters. The summed E-state index contributed by atoms with van der Waals surface area (Å²) in [6.45, 7) is 15.1. The van der Waals surface area contributed by atoms with Crippen LogP contribution in [0.2, 0.25) is 0 Å². The van der Waals surface area contributed by atoms with Crippen LogP contribution in [-0.2, 0) is 19.8 Å². The minimum atomic E-state index is -1.02. The maximum Gasteiger partial charge on any atom is 0.331 e. The number of hydrogen-bond acceptors (Lipinski definition) is 4. The Balaban J connectivity index is 2.40. The normalized spacial score (nSPS) is 15.4. The molecular formula is C29H44N4O4. The number of H-pyrrole nitrogens is 1. The van der Waals surface area contributed by atoms with E-state index in [0.717, 1.165) is 16.5 Å². The van der Waals surface area contributed by atoms with Gasteiger partial charge in [-0.05, 0) is 36.9 Å². The molecule has 2 aromatic rings. The van der Waals surface area contributed by atoms with Crippen molar-refractivity contribution < 1.29 is 19.5 Å². The molecule has 1 aromatic carbocycles. The lowest BCUT2D eigenvalue weighted by molar-refractivity contribution is -0.141. The van der Waals surface area contributed by atoms with Gasteiger partial charge < -0.3 is 25.6 Å². The van der Waals surface area contributed by atoms with Gasteiger partial charge in [0.05, 0.1) is 12.1 Å². The van der Waals surface area contributed by atoms with Crippen LogP contribution in [0.15, 0.2) is 42.1 Å². The zero-order valence-corrected chi connectivity index (χ0v) is 23.9. The fourth-order valence-corrected chi connectivity index (χ4v) is 4.88. The van der Waals surface area contributed by atoms with E-state index in [2.05, 4.69) is 15.6 Å². The van der Waals surface area contributed by atoms with Gasteiger partial charge >= 0.3 is 5.97 Å². The lowest BCUT2D eigenvalue weighted by Gasteiger charge is -2.39. The number of aromatic amines is 1. The quantitative estimate of drug-likeness (QED) is 0.358. The molecule has 2 rings (SSSR count). The summed E-state index contributed by atoms with van der Waals surface area (Å²) in [4.78, 5) is 43.8. The standard InChI is InChI=1S/C29H44N4O4/c1-17(2)22(15-18(3)27(36)37)33(10)26(35)24(28(4,5)6)32-25(34)23(30-9)29(7,8)20-16-31-21-14-12-11-13-19(20)21/h11-17,22-24,30-31H,1-10H3,(H,32,34)(H,36,37)/t22-,23+,24+/m1/s1. The second-order valence-electron chi connectivity index (χ2n) is 11.8. The predicted octanol–water partition coefficient (Wildman–Crippen LogP) is 4.08. The number of aromatic nitrogens is 1. The molecule has 0 aliphatic heterocycles. The molecular weight excluding hydrogens is 468 g/mol. The van der Waals surface area contributed by atoms with Crippen LogP contribution in [0.1, 0.15) is 61.0 Å². The summed E-state index contributed by atoms with van der Waals surface area (Å²) in [5.74, 6) is -1.60. The van der Waals surface area contributed by atoms with Crippen LogP contribution in [0.3, 0.4) is 0 Å². The summed E-state index contributed by atoms with van der Waals surface area (Å²) in [5, 5.41) is 16.6. The van der Waals surface area contributed by atoms with Crippen molar-refractivity contribution in [3.63, 3.8) is 0 Å². The number of rotatable bonds is 10. The van der Waals surface area contributed by atoms with Crippen molar-refractivity contribution >= 4 is 28.7 Å². The Bertz CT molecular complexity index is 1160. The monoisotopic (exact) mass is 512 g/mol. The number of para-hydroxylation sites is 1. The lowest BCUT2D eigenvalue weighted by Crippen LogP contribution is -2.61. The molecule has 0 radical (unpaired) electrons. The van der Waals surface area contributed by atoms with Gasteiger partial charge in [-0.25, -0.2) is 4.79 Å². The number of likely N-dealkylation sites (N-methyl/N-ethyl adjacent to an activating group) is 2. The number of carboxylic acids is 1. The molecule has 2 amide bonds. The van der Waals surface area contributed by atoms with E-state index < -0.39 is 34.9 Å². The van der Waals surface area contributed by atoms with E-state index in [1.807, 2.05) is 78.9 Å². The van der Waals surface area contributed by atoms with Gasteiger partial charge in [-0.2, -0.15) is 0 Å². The van der Waals surface area contributed by atoms with E-state index in [1.165, 1.54) is 6.92 Å². The van der Waals surface area contributed by atoms with Crippen molar-refractivity contribution in [2.45, 2.75) is 78.9 Å². The zero-order chi connectivity index (χ0) is 28.3. The van der Waals surface area contributed by atoms with E-state index in [0.29, 0.717) is 0 Å². The highest BCUT2D eigenvalue weighted by Crippen LogP contribution is 2.34. The van der Waals surface area contributed by atoms with E-state index in [9.17, 15) is 19.5 Å². The van der Waals surface area contributed by atoms with Crippen molar-refractivity contribution in [2.75, 3.05) is 14.1 Å². The Morgan fingerprint density at radius 3 is 2.16 bits per heavy atom. The molecule has 8 heteroatoms. The Morgan fingerprint density at radius 1 is 1.05 bits per heavy atom. The summed E-state index contributed by atoms with van der Waals surface area (Å²) in [6.07, 6.45) is 3.54. The van der Waals surface area contributed by atoms with Gasteiger partial charge in [0, 0.05) is 35.1 Å². The van der Waals surface area contributed by atoms with Crippen LogP contribution in [0.5, 0.6) is 0 Å². The Labute approximate surface area is 220 Å². The average Bonchev–Trinajstić information content (AvgIpc) is 3.24. The molecule has 0 saturated heterocycles. The Kier molecular flexibility index (Phi) is 9.36. The van der Waals surface area contributed by atoms with E-state index in [1.54, 1.807) is 25.1 Å². The molecule has 0 aliphatic rings. The minimum Gasteiger partial charge on any atom is -0.478 e. The van der Waals surface area contributed by atoms with E-state index in [-0.39, 0.29) is 23.3 Å². The predicted molar refractivity (Wildman–Crippen MR) is 148 cm³/mol. The number of carbonyl (C=O) groups is 3. The topological polar surface area (TPSA) is 115 Å². The molecule has 0 aliphatic carbocycles. The maximum absolute atomic E-state index is 13.8. The van der Waals surface area contributed by atoms with Gasteiger partial charge in [0.1, 0.15) is 6.04 Å². The largest absolute Gasteiger partial charge is 0.478 e. The van der Waals surface area contributed by atoms with Gasteiger partial charge in [0.15, 0.2) is 0 Å². The number of aliphatic carboxylic acids is 1. The van der Waals surface area contributed by atoms with Crippen molar-refractivity contribution in [2.24, 2.45) is 11.3 Å². The zero-order valence-electron chi connectivity index (χ0n) is 23.9. The molecule has 1 heterocycles. The highest BCUT2D eigenvalue weighted by Gasteiger charge is 2.42. The van der Waals surface area contributed by atoms with Gasteiger partial charge in [0.2, 0.25) is 11.8 Å². The number of nitrogens with zero attached hydrogens (tertiary/aromatic N) is 1. The molecule has 0 unspecified atom stereocenters. The van der Waals surface area contributed by atoms with E-state index >= 15 is 0 Å². The molecule has 37 heavy (non-hydrogen) atoms. The summed E-state index contributed by atoms with van der Waals surface area (Å²) in [6, 6.07) is 6.09. The van der Waals surface area contributed by atoms with Gasteiger partial charge in [-0.1, -0.05) is 72.7 Å². The van der Waals surface area contributed by atoms with Crippen molar-refractivity contribution in [1.82, 2.24) is 20.5 Å². The van der Waals surface area contributed by atoms with Crippen LogP contribution >= 0.6 is 0 Å². The minimum absolute atomic E-state index is 0.0227. The number of fused-ring (bicyclic) bond motifs is 1. The Hall–Kier alpha value is -3.13. The highest BCUT2D eigenvalue weighted by molar-refractivity contribution is 5.93. The lowest BCUT2D eigenvalue weighted by atomic mass is 9.76.